The van der Waals surface area contributed by atoms with Crippen LogP contribution in [0, 0.1) is 5.82 Å². The molecule has 3 heteroatoms. The highest BCUT2D eigenvalue weighted by Crippen LogP contribution is 2.29. The number of nitrogens with two attached hydrogens (primary N) is 1. The molecule has 0 saturated carbocycles. The van der Waals surface area contributed by atoms with Crippen molar-refractivity contribution >= 4 is 0 Å². The van der Waals surface area contributed by atoms with Crippen LogP contribution in [-0.2, 0) is 0 Å². The summed E-state index contributed by atoms with van der Waals surface area (Å²) in [5, 5.41) is 0. The first-order chi connectivity index (χ1) is 9.52. The molecule has 0 bridgehead atoms. The highest BCUT2D eigenvalue weighted by molar-refractivity contribution is 5.42. The average molecular weight is 273 g/mol. The van der Waals surface area contributed by atoms with Crippen LogP contribution in [0.3, 0.4) is 0 Å². The largest absolute Gasteiger partial charge is 0.496 e. The summed E-state index contributed by atoms with van der Waals surface area (Å²) in [5.41, 5.74) is 9.10. The number of hydrogen-bond donors (Lipinski definition) is 1. The van der Waals surface area contributed by atoms with Crippen molar-refractivity contribution in [2.75, 3.05) is 7.11 Å². The van der Waals surface area contributed by atoms with Crippen LogP contribution in [-0.4, -0.2) is 7.11 Å². The van der Waals surface area contributed by atoms with Gasteiger partial charge in [0, 0.05) is 5.56 Å². The minimum Gasteiger partial charge on any atom is -0.496 e. The van der Waals surface area contributed by atoms with E-state index in [0.717, 1.165) is 5.56 Å². The fourth-order valence-electron chi connectivity index (χ4n) is 2.22. The molecule has 0 fully saturated rings. The Kier molecular flexibility index (Phi) is 4.40. The molecule has 20 heavy (non-hydrogen) atoms. The van der Waals surface area contributed by atoms with E-state index in [2.05, 4.69) is 26.0 Å². The van der Waals surface area contributed by atoms with E-state index in [0.29, 0.717) is 17.2 Å². The summed E-state index contributed by atoms with van der Waals surface area (Å²) in [5.74, 6) is 0.769. The summed E-state index contributed by atoms with van der Waals surface area (Å²) < 4.78 is 18.7. The van der Waals surface area contributed by atoms with Gasteiger partial charge in [-0.3, -0.25) is 0 Å². The number of hydrogen-bond acceptors (Lipinski definition) is 2. The Morgan fingerprint density at radius 1 is 1.00 bits per heavy atom. The van der Waals surface area contributed by atoms with Gasteiger partial charge in [-0.05, 0) is 35.2 Å². The van der Waals surface area contributed by atoms with E-state index >= 15 is 0 Å². The number of rotatable bonds is 4. The molecule has 2 rings (SSSR count). The van der Waals surface area contributed by atoms with Crippen molar-refractivity contribution < 1.29 is 9.13 Å². The van der Waals surface area contributed by atoms with Gasteiger partial charge >= 0.3 is 0 Å². The van der Waals surface area contributed by atoms with Gasteiger partial charge in [0.2, 0.25) is 0 Å². The van der Waals surface area contributed by atoms with Gasteiger partial charge in [0.15, 0.2) is 0 Å². The molecule has 1 unspecified atom stereocenters. The zero-order chi connectivity index (χ0) is 14.7. The standard InChI is InChI=1S/C17H20FNO/c1-11(2)12-4-6-13(7-5-12)17(19)15-10-14(18)8-9-16(15)20-3/h4-11,17H,19H2,1-3H3. The summed E-state index contributed by atoms with van der Waals surface area (Å²) in [6.45, 7) is 4.29. The van der Waals surface area contributed by atoms with Gasteiger partial charge in [0.1, 0.15) is 11.6 Å². The molecule has 0 aliphatic carbocycles. The molecule has 0 saturated heterocycles. The summed E-state index contributed by atoms with van der Waals surface area (Å²) >= 11 is 0. The van der Waals surface area contributed by atoms with Crippen molar-refractivity contribution in [1.29, 1.82) is 0 Å². The molecule has 0 amide bonds. The number of benzene rings is 2. The molecule has 2 nitrogen and oxygen atoms in total. The molecule has 1 atom stereocenters. The summed E-state index contributed by atoms with van der Waals surface area (Å²) in [4.78, 5) is 0. The van der Waals surface area contributed by atoms with E-state index in [1.54, 1.807) is 13.2 Å². The molecule has 0 radical (unpaired) electrons. The van der Waals surface area contributed by atoms with Gasteiger partial charge in [-0.25, -0.2) is 4.39 Å². The molecule has 2 aromatic carbocycles. The Balaban J connectivity index is 2.35. The van der Waals surface area contributed by atoms with Crippen LogP contribution in [0.5, 0.6) is 5.75 Å². The number of ether oxygens (including phenoxy) is 1. The third kappa shape index (κ3) is 2.99. The quantitative estimate of drug-likeness (QED) is 0.913. The van der Waals surface area contributed by atoms with Crippen molar-refractivity contribution in [3.05, 3.63) is 65.0 Å². The predicted molar refractivity (Wildman–Crippen MR) is 79.5 cm³/mol. The third-order valence-corrected chi connectivity index (χ3v) is 3.49. The fourth-order valence-corrected chi connectivity index (χ4v) is 2.22. The Labute approximate surface area is 119 Å². The van der Waals surface area contributed by atoms with Crippen LogP contribution in [0.15, 0.2) is 42.5 Å². The lowest BCUT2D eigenvalue weighted by Crippen LogP contribution is -2.13. The lowest BCUT2D eigenvalue weighted by atomic mass is 9.95. The monoisotopic (exact) mass is 273 g/mol. The fraction of sp³-hybridized carbons (Fsp3) is 0.294. The minimum atomic E-state index is -0.401. The van der Waals surface area contributed by atoms with E-state index in [1.807, 2.05) is 12.1 Å². The molecule has 0 spiro atoms. The second-order valence-electron chi connectivity index (χ2n) is 5.19. The zero-order valence-corrected chi connectivity index (χ0v) is 12.1. The first-order valence-electron chi connectivity index (χ1n) is 6.71. The van der Waals surface area contributed by atoms with E-state index in [9.17, 15) is 4.39 Å². The van der Waals surface area contributed by atoms with Crippen LogP contribution in [0.1, 0.15) is 42.5 Å². The molecule has 2 N–H and O–H groups in total. The van der Waals surface area contributed by atoms with Crippen molar-refractivity contribution in [3.63, 3.8) is 0 Å². The Hall–Kier alpha value is -1.87. The minimum absolute atomic E-state index is 0.310. The molecule has 0 aliphatic rings. The van der Waals surface area contributed by atoms with Gasteiger partial charge in [-0.1, -0.05) is 38.1 Å². The lowest BCUT2D eigenvalue weighted by Gasteiger charge is -2.17. The first-order valence-corrected chi connectivity index (χ1v) is 6.71. The summed E-state index contributed by atoms with van der Waals surface area (Å²) in [6.07, 6.45) is 0. The Morgan fingerprint density at radius 2 is 1.60 bits per heavy atom. The highest BCUT2D eigenvalue weighted by atomic mass is 19.1. The smallest absolute Gasteiger partial charge is 0.124 e. The van der Waals surface area contributed by atoms with Crippen LogP contribution in [0.4, 0.5) is 4.39 Å². The molecule has 0 heterocycles. The van der Waals surface area contributed by atoms with Crippen molar-refractivity contribution in [2.24, 2.45) is 5.73 Å². The van der Waals surface area contributed by atoms with Gasteiger partial charge in [-0.2, -0.15) is 0 Å². The molecule has 0 aromatic heterocycles. The van der Waals surface area contributed by atoms with E-state index in [4.69, 9.17) is 10.5 Å². The maximum Gasteiger partial charge on any atom is 0.124 e. The maximum absolute atomic E-state index is 13.4. The van der Waals surface area contributed by atoms with Crippen LogP contribution in [0.2, 0.25) is 0 Å². The number of halogens is 1. The summed E-state index contributed by atoms with van der Waals surface area (Å²) in [6, 6.07) is 12.1. The van der Waals surface area contributed by atoms with Crippen LogP contribution >= 0.6 is 0 Å². The molecular weight excluding hydrogens is 253 g/mol. The topological polar surface area (TPSA) is 35.2 Å². The van der Waals surface area contributed by atoms with Crippen molar-refractivity contribution in [3.8, 4) is 5.75 Å². The van der Waals surface area contributed by atoms with Gasteiger partial charge in [0.25, 0.3) is 0 Å². The molecule has 106 valence electrons. The zero-order valence-electron chi connectivity index (χ0n) is 12.1. The lowest BCUT2D eigenvalue weighted by molar-refractivity contribution is 0.406. The normalized spacial score (nSPS) is 12.5. The molecule has 0 aliphatic heterocycles. The second-order valence-corrected chi connectivity index (χ2v) is 5.19. The highest BCUT2D eigenvalue weighted by Gasteiger charge is 2.15. The Morgan fingerprint density at radius 3 is 2.15 bits per heavy atom. The maximum atomic E-state index is 13.4. The van der Waals surface area contributed by atoms with E-state index in [-0.39, 0.29) is 5.82 Å². The first kappa shape index (κ1) is 14.5. The van der Waals surface area contributed by atoms with Gasteiger partial charge < -0.3 is 10.5 Å². The number of methoxy groups -OCH3 is 1. The van der Waals surface area contributed by atoms with E-state index < -0.39 is 6.04 Å². The molecule has 2 aromatic rings. The second kappa shape index (κ2) is 6.06. The van der Waals surface area contributed by atoms with Crippen LogP contribution < -0.4 is 10.5 Å². The molecular formula is C17H20FNO. The van der Waals surface area contributed by atoms with Gasteiger partial charge in [-0.15, -0.1) is 0 Å². The summed E-state index contributed by atoms with van der Waals surface area (Å²) in [7, 11) is 1.56. The average Bonchev–Trinajstić information content (AvgIpc) is 2.46. The Bertz CT molecular complexity index is 578. The third-order valence-electron chi connectivity index (χ3n) is 3.49. The predicted octanol–water partition coefficient (Wildman–Crippen LogP) is 4.01. The van der Waals surface area contributed by atoms with Crippen molar-refractivity contribution in [1.82, 2.24) is 0 Å². The van der Waals surface area contributed by atoms with Gasteiger partial charge in [0.05, 0.1) is 13.2 Å². The van der Waals surface area contributed by atoms with Crippen LogP contribution in [0.25, 0.3) is 0 Å². The SMILES string of the molecule is COc1ccc(F)cc1C(N)c1ccc(C(C)C)cc1. The van der Waals surface area contributed by atoms with Crippen molar-refractivity contribution in [2.45, 2.75) is 25.8 Å². The van der Waals surface area contributed by atoms with E-state index in [1.165, 1.54) is 17.7 Å².